The largest absolute Gasteiger partial charge is 0.389 e. The molecule has 2 rings (SSSR count). The zero-order valence-corrected chi connectivity index (χ0v) is 10.3. The van der Waals surface area contributed by atoms with Crippen molar-refractivity contribution in [2.75, 3.05) is 11.9 Å². The van der Waals surface area contributed by atoms with Crippen LogP contribution in [0.1, 0.15) is 5.56 Å². The molecular weight excluding hydrogens is 230 g/mol. The number of benzene rings is 1. The molecule has 0 atom stereocenters. The van der Waals surface area contributed by atoms with Gasteiger partial charge in [0.25, 0.3) is 0 Å². The van der Waals surface area contributed by atoms with E-state index in [0.29, 0.717) is 4.99 Å². The molecule has 1 heterocycles. The molecule has 0 bridgehead atoms. The summed E-state index contributed by atoms with van der Waals surface area (Å²) in [5, 5.41) is 0. The zero-order valence-electron chi connectivity index (χ0n) is 9.50. The monoisotopic (exact) mass is 243 g/mol. The minimum absolute atomic E-state index is 0.357. The van der Waals surface area contributed by atoms with Crippen LogP contribution in [0.5, 0.6) is 0 Å². The van der Waals surface area contributed by atoms with Crippen molar-refractivity contribution in [2.24, 2.45) is 5.73 Å². The standard InChI is InChI=1S/C13H13N3S/c1-16(10-6-3-2-4-7-10)13-11(12(14)17)8-5-9-15-13/h2-9H,1H3,(H2,14,17). The number of pyridine rings is 1. The second-order valence-electron chi connectivity index (χ2n) is 3.63. The van der Waals surface area contributed by atoms with Gasteiger partial charge in [0.1, 0.15) is 10.8 Å². The first kappa shape index (κ1) is 11.5. The van der Waals surface area contributed by atoms with Gasteiger partial charge in [0.05, 0.1) is 5.56 Å². The maximum Gasteiger partial charge on any atom is 0.142 e. The summed E-state index contributed by atoms with van der Waals surface area (Å²) in [6.07, 6.45) is 1.73. The highest BCUT2D eigenvalue weighted by atomic mass is 32.1. The van der Waals surface area contributed by atoms with Gasteiger partial charge in [-0.25, -0.2) is 4.98 Å². The number of anilines is 2. The molecule has 0 radical (unpaired) electrons. The number of nitrogens with two attached hydrogens (primary N) is 1. The highest BCUT2D eigenvalue weighted by Gasteiger charge is 2.11. The molecule has 4 heteroatoms. The van der Waals surface area contributed by atoms with Gasteiger partial charge in [-0.2, -0.15) is 0 Å². The quantitative estimate of drug-likeness (QED) is 0.841. The Labute approximate surface area is 106 Å². The second-order valence-corrected chi connectivity index (χ2v) is 4.07. The van der Waals surface area contributed by atoms with E-state index in [2.05, 4.69) is 4.98 Å². The fourth-order valence-electron chi connectivity index (χ4n) is 1.63. The smallest absolute Gasteiger partial charge is 0.142 e. The van der Waals surface area contributed by atoms with E-state index in [0.717, 1.165) is 17.1 Å². The van der Waals surface area contributed by atoms with E-state index in [-0.39, 0.29) is 0 Å². The Morgan fingerprint density at radius 2 is 1.88 bits per heavy atom. The van der Waals surface area contributed by atoms with Crippen molar-refractivity contribution >= 4 is 28.7 Å². The first-order valence-corrected chi connectivity index (χ1v) is 5.64. The summed E-state index contributed by atoms with van der Waals surface area (Å²) in [4.78, 5) is 6.66. The van der Waals surface area contributed by atoms with Crippen LogP contribution < -0.4 is 10.6 Å². The number of thiocarbonyl (C=S) groups is 1. The molecule has 0 aliphatic heterocycles. The van der Waals surface area contributed by atoms with E-state index < -0.39 is 0 Å². The molecule has 0 aliphatic rings. The average Bonchev–Trinajstić information content (AvgIpc) is 2.39. The lowest BCUT2D eigenvalue weighted by molar-refractivity contribution is 1.12. The molecule has 1 aromatic carbocycles. The average molecular weight is 243 g/mol. The minimum Gasteiger partial charge on any atom is -0.389 e. The molecule has 0 saturated heterocycles. The van der Waals surface area contributed by atoms with Gasteiger partial charge in [0, 0.05) is 18.9 Å². The highest BCUT2D eigenvalue weighted by molar-refractivity contribution is 7.80. The predicted molar refractivity (Wildman–Crippen MR) is 74.6 cm³/mol. The van der Waals surface area contributed by atoms with Gasteiger partial charge in [-0.05, 0) is 24.3 Å². The molecule has 0 saturated carbocycles. The summed E-state index contributed by atoms with van der Waals surface area (Å²) in [6, 6.07) is 13.7. The Kier molecular flexibility index (Phi) is 3.35. The van der Waals surface area contributed by atoms with E-state index in [1.165, 1.54) is 0 Å². The summed E-state index contributed by atoms with van der Waals surface area (Å²) >= 11 is 5.03. The third-order valence-electron chi connectivity index (χ3n) is 2.51. The first-order valence-electron chi connectivity index (χ1n) is 5.24. The number of hydrogen-bond acceptors (Lipinski definition) is 3. The number of rotatable bonds is 3. The lowest BCUT2D eigenvalue weighted by atomic mass is 10.2. The maximum atomic E-state index is 5.70. The van der Waals surface area contributed by atoms with Gasteiger partial charge in [-0.3, -0.25) is 0 Å². The van der Waals surface area contributed by atoms with E-state index in [1.54, 1.807) is 6.20 Å². The van der Waals surface area contributed by atoms with Crippen LogP contribution in [0.4, 0.5) is 11.5 Å². The molecule has 0 fully saturated rings. The third kappa shape index (κ3) is 2.42. The fraction of sp³-hybridized carbons (Fsp3) is 0.0769. The van der Waals surface area contributed by atoms with Crippen LogP contribution >= 0.6 is 12.2 Å². The molecule has 0 spiro atoms. The maximum absolute atomic E-state index is 5.70. The van der Waals surface area contributed by atoms with Gasteiger partial charge in [0.15, 0.2) is 0 Å². The Balaban J connectivity index is 2.44. The zero-order chi connectivity index (χ0) is 12.3. The SMILES string of the molecule is CN(c1ccccc1)c1ncccc1C(N)=S. The van der Waals surface area contributed by atoms with Crippen LogP contribution in [-0.4, -0.2) is 17.0 Å². The van der Waals surface area contributed by atoms with Crippen LogP contribution in [0, 0.1) is 0 Å². The summed E-state index contributed by atoms with van der Waals surface area (Å²) in [5.74, 6) is 0.770. The van der Waals surface area contributed by atoms with Gasteiger partial charge in [-0.15, -0.1) is 0 Å². The van der Waals surface area contributed by atoms with E-state index in [1.807, 2.05) is 54.4 Å². The molecule has 86 valence electrons. The van der Waals surface area contributed by atoms with E-state index in [4.69, 9.17) is 18.0 Å². The first-order chi connectivity index (χ1) is 8.20. The fourth-order valence-corrected chi connectivity index (χ4v) is 1.79. The summed E-state index contributed by atoms with van der Waals surface area (Å²) < 4.78 is 0. The van der Waals surface area contributed by atoms with Crippen molar-refractivity contribution in [1.82, 2.24) is 4.98 Å². The number of hydrogen-bond donors (Lipinski definition) is 1. The molecule has 1 aromatic heterocycles. The Morgan fingerprint density at radius 3 is 2.53 bits per heavy atom. The lowest BCUT2D eigenvalue weighted by Crippen LogP contribution is -2.18. The third-order valence-corrected chi connectivity index (χ3v) is 2.73. The molecule has 0 amide bonds. The molecule has 17 heavy (non-hydrogen) atoms. The van der Waals surface area contributed by atoms with Crippen LogP contribution in [-0.2, 0) is 0 Å². The van der Waals surface area contributed by atoms with Crippen molar-refractivity contribution in [3.8, 4) is 0 Å². The molecular formula is C13H13N3S. The van der Waals surface area contributed by atoms with E-state index in [9.17, 15) is 0 Å². The minimum atomic E-state index is 0.357. The summed E-state index contributed by atoms with van der Waals surface area (Å²) in [6.45, 7) is 0. The van der Waals surface area contributed by atoms with Crippen LogP contribution in [0.2, 0.25) is 0 Å². The molecule has 2 N–H and O–H groups in total. The molecule has 2 aromatic rings. The van der Waals surface area contributed by atoms with Crippen molar-refractivity contribution in [2.45, 2.75) is 0 Å². The Morgan fingerprint density at radius 1 is 1.18 bits per heavy atom. The van der Waals surface area contributed by atoms with E-state index >= 15 is 0 Å². The Hall–Kier alpha value is -1.94. The normalized spacial score (nSPS) is 9.94. The topological polar surface area (TPSA) is 42.2 Å². The number of aromatic nitrogens is 1. The number of para-hydroxylation sites is 1. The molecule has 0 unspecified atom stereocenters. The predicted octanol–water partition coefficient (Wildman–Crippen LogP) is 2.48. The van der Waals surface area contributed by atoms with Gasteiger partial charge in [0.2, 0.25) is 0 Å². The molecule has 3 nitrogen and oxygen atoms in total. The van der Waals surface area contributed by atoms with Crippen LogP contribution in [0.3, 0.4) is 0 Å². The Bertz CT molecular complexity index is 525. The summed E-state index contributed by atoms with van der Waals surface area (Å²) in [7, 11) is 1.94. The van der Waals surface area contributed by atoms with Crippen LogP contribution in [0.25, 0.3) is 0 Å². The van der Waals surface area contributed by atoms with Gasteiger partial charge < -0.3 is 10.6 Å². The van der Waals surface area contributed by atoms with Gasteiger partial charge in [-0.1, -0.05) is 30.4 Å². The second kappa shape index (κ2) is 4.93. The van der Waals surface area contributed by atoms with Crippen molar-refractivity contribution in [3.63, 3.8) is 0 Å². The lowest BCUT2D eigenvalue weighted by Gasteiger charge is -2.20. The molecule has 0 aliphatic carbocycles. The summed E-state index contributed by atoms with van der Waals surface area (Å²) in [5.41, 5.74) is 7.53. The highest BCUT2D eigenvalue weighted by Crippen LogP contribution is 2.24. The van der Waals surface area contributed by atoms with Gasteiger partial charge >= 0.3 is 0 Å². The van der Waals surface area contributed by atoms with Crippen molar-refractivity contribution in [3.05, 3.63) is 54.2 Å². The van der Waals surface area contributed by atoms with Crippen LogP contribution in [0.15, 0.2) is 48.7 Å². The van der Waals surface area contributed by atoms with Crippen molar-refractivity contribution < 1.29 is 0 Å². The van der Waals surface area contributed by atoms with Crippen molar-refractivity contribution in [1.29, 1.82) is 0 Å². The number of nitrogens with zero attached hydrogens (tertiary/aromatic N) is 2.